The van der Waals surface area contributed by atoms with Crippen molar-refractivity contribution >= 4 is 17.3 Å². The maximum atomic E-state index is 13.2. The van der Waals surface area contributed by atoms with E-state index in [1.54, 1.807) is 7.11 Å². The summed E-state index contributed by atoms with van der Waals surface area (Å²) < 4.78 is 5.66. The van der Waals surface area contributed by atoms with Crippen LogP contribution in [-0.4, -0.2) is 19.6 Å². The Bertz CT molecular complexity index is 896. The van der Waals surface area contributed by atoms with Gasteiger partial charge >= 0.3 is 0 Å². The van der Waals surface area contributed by atoms with Gasteiger partial charge in [-0.25, -0.2) is 0 Å². The standard InChI is InChI=1S/C23H28N2O2/c1-23(2,3)17-9-8-16-14-25(22(26)18(16)12-17)20-11-15-7-5-6-10-24-19(15)13-21(20)27-4/h8-9,11-13,24H,5-7,10,14H2,1-4H3. The van der Waals surface area contributed by atoms with Crippen LogP contribution in [0.15, 0.2) is 30.3 Å². The smallest absolute Gasteiger partial charge is 0.259 e. The first-order valence-corrected chi connectivity index (χ1v) is 9.78. The Balaban J connectivity index is 1.74. The molecule has 27 heavy (non-hydrogen) atoms. The van der Waals surface area contributed by atoms with Crippen molar-refractivity contribution in [3.05, 3.63) is 52.6 Å². The third-order valence-electron chi connectivity index (χ3n) is 5.66. The molecule has 142 valence electrons. The quantitative estimate of drug-likeness (QED) is 0.824. The minimum atomic E-state index is 0.0240. The van der Waals surface area contributed by atoms with Crippen LogP contribution in [0.1, 0.15) is 60.7 Å². The summed E-state index contributed by atoms with van der Waals surface area (Å²) in [5.41, 5.74) is 6.39. The number of hydrogen-bond donors (Lipinski definition) is 1. The summed E-state index contributed by atoms with van der Waals surface area (Å²) in [6.45, 7) is 8.11. The van der Waals surface area contributed by atoms with Gasteiger partial charge in [0.05, 0.1) is 19.3 Å². The van der Waals surface area contributed by atoms with E-state index in [0.717, 1.165) is 54.1 Å². The maximum Gasteiger partial charge on any atom is 0.259 e. The fraction of sp³-hybridized carbons (Fsp3) is 0.435. The maximum absolute atomic E-state index is 13.2. The zero-order valence-electron chi connectivity index (χ0n) is 16.7. The molecule has 2 heterocycles. The lowest BCUT2D eigenvalue weighted by atomic mass is 9.85. The first-order chi connectivity index (χ1) is 12.9. The Morgan fingerprint density at radius 3 is 2.63 bits per heavy atom. The molecule has 0 unspecified atom stereocenters. The van der Waals surface area contributed by atoms with E-state index in [9.17, 15) is 4.79 Å². The largest absolute Gasteiger partial charge is 0.494 e. The highest BCUT2D eigenvalue weighted by molar-refractivity contribution is 6.11. The molecule has 1 amide bonds. The topological polar surface area (TPSA) is 41.6 Å². The molecule has 0 aromatic heterocycles. The van der Waals surface area contributed by atoms with E-state index in [-0.39, 0.29) is 11.3 Å². The van der Waals surface area contributed by atoms with Crippen LogP contribution in [0.25, 0.3) is 0 Å². The van der Waals surface area contributed by atoms with E-state index < -0.39 is 0 Å². The lowest BCUT2D eigenvalue weighted by molar-refractivity contribution is 0.0996. The molecular formula is C23H28N2O2. The molecule has 0 radical (unpaired) electrons. The lowest BCUT2D eigenvalue weighted by Gasteiger charge is -2.22. The van der Waals surface area contributed by atoms with Crippen molar-refractivity contribution < 1.29 is 9.53 Å². The molecule has 4 rings (SSSR count). The Kier molecular flexibility index (Phi) is 4.37. The zero-order valence-corrected chi connectivity index (χ0v) is 16.7. The number of aryl methyl sites for hydroxylation is 1. The number of rotatable bonds is 2. The van der Waals surface area contributed by atoms with Gasteiger partial charge in [0.15, 0.2) is 0 Å². The van der Waals surface area contributed by atoms with Crippen molar-refractivity contribution in [2.45, 2.75) is 52.0 Å². The van der Waals surface area contributed by atoms with Crippen molar-refractivity contribution in [1.82, 2.24) is 0 Å². The van der Waals surface area contributed by atoms with Crippen molar-refractivity contribution in [2.24, 2.45) is 0 Å². The Morgan fingerprint density at radius 2 is 1.89 bits per heavy atom. The minimum Gasteiger partial charge on any atom is -0.494 e. The summed E-state index contributed by atoms with van der Waals surface area (Å²) in [4.78, 5) is 15.1. The van der Waals surface area contributed by atoms with Gasteiger partial charge in [-0.15, -0.1) is 0 Å². The van der Waals surface area contributed by atoms with Gasteiger partial charge in [-0.1, -0.05) is 32.9 Å². The van der Waals surface area contributed by atoms with Crippen molar-refractivity contribution in [2.75, 3.05) is 23.9 Å². The Labute approximate surface area is 161 Å². The number of methoxy groups -OCH3 is 1. The number of nitrogens with one attached hydrogen (secondary N) is 1. The SMILES string of the molecule is COc1cc2c(cc1N1Cc3ccc(C(C)(C)C)cc3C1=O)CCCCN2. The minimum absolute atomic E-state index is 0.0240. The predicted molar refractivity (Wildman–Crippen MR) is 110 cm³/mol. The third kappa shape index (κ3) is 3.18. The van der Waals surface area contributed by atoms with Gasteiger partial charge in [0.25, 0.3) is 5.91 Å². The second-order valence-corrected chi connectivity index (χ2v) is 8.58. The second kappa shape index (κ2) is 6.59. The number of anilines is 2. The first kappa shape index (κ1) is 17.9. The fourth-order valence-corrected chi connectivity index (χ4v) is 3.98. The van der Waals surface area contributed by atoms with Gasteiger partial charge in [0.1, 0.15) is 5.75 Å². The number of nitrogens with zero attached hydrogens (tertiary/aromatic N) is 1. The highest BCUT2D eigenvalue weighted by Crippen LogP contribution is 2.40. The molecule has 2 aromatic carbocycles. The summed E-state index contributed by atoms with van der Waals surface area (Å²) in [6, 6.07) is 10.5. The average molecular weight is 364 g/mol. The van der Waals surface area contributed by atoms with E-state index in [4.69, 9.17) is 4.74 Å². The molecule has 0 saturated heterocycles. The van der Waals surface area contributed by atoms with Crippen LogP contribution in [-0.2, 0) is 18.4 Å². The van der Waals surface area contributed by atoms with E-state index >= 15 is 0 Å². The molecule has 2 aliphatic heterocycles. The summed E-state index contributed by atoms with van der Waals surface area (Å²) >= 11 is 0. The van der Waals surface area contributed by atoms with Gasteiger partial charge in [-0.05, 0) is 53.5 Å². The summed E-state index contributed by atoms with van der Waals surface area (Å²) in [5, 5.41) is 3.49. The number of ether oxygens (including phenoxy) is 1. The van der Waals surface area contributed by atoms with Gasteiger partial charge in [-0.3, -0.25) is 4.79 Å². The number of fused-ring (bicyclic) bond motifs is 2. The van der Waals surface area contributed by atoms with Crippen molar-refractivity contribution in [3.63, 3.8) is 0 Å². The molecule has 2 aliphatic rings. The molecule has 2 aromatic rings. The van der Waals surface area contributed by atoms with Gasteiger partial charge in [0, 0.05) is 23.9 Å². The highest BCUT2D eigenvalue weighted by atomic mass is 16.5. The third-order valence-corrected chi connectivity index (χ3v) is 5.66. The van der Waals surface area contributed by atoms with Gasteiger partial charge < -0.3 is 15.0 Å². The molecule has 4 heteroatoms. The van der Waals surface area contributed by atoms with Crippen LogP contribution in [0.3, 0.4) is 0 Å². The number of carbonyl (C=O) groups is 1. The molecule has 1 N–H and O–H groups in total. The van der Waals surface area contributed by atoms with Gasteiger partial charge in [0.2, 0.25) is 0 Å². The second-order valence-electron chi connectivity index (χ2n) is 8.58. The number of amides is 1. The zero-order chi connectivity index (χ0) is 19.2. The molecule has 0 saturated carbocycles. The summed E-state index contributed by atoms with van der Waals surface area (Å²) in [7, 11) is 1.67. The van der Waals surface area contributed by atoms with Crippen LogP contribution in [0.4, 0.5) is 11.4 Å². The molecule has 0 bridgehead atoms. The Hall–Kier alpha value is -2.49. The number of carbonyl (C=O) groups excluding carboxylic acids is 1. The van der Waals surface area contributed by atoms with E-state index in [2.05, 4.69) is 50.4 Å². The van der Waals surface area contributed by atoms with E-state index in [0.29, 0.717) is 6.54 Å². The monoisotopic (exact) mass is 364 g/mol. The molecule has 0 atom stereocenters. The molecule has 0 aliphatic carbocycles. The lowest BCUT2D eigenvalue weighted by Crippen LogP contribution is -2.24. The summed E-state index contributed by atoms with van der Waals surface area (Å²) in [6.07, 6.45) is 3.35. The van der Waals surface area contributed by atoms with Crippen LogP contribution in [0.5, 0.6) is 5.75 Å². The predicted octanol–water partition coefficient (Wildman–Crippen LogP) is 4.90. The van der Waals surface area contributed by atoms with Crippen molar-refractivity contribution in [3.8, 4) is 5.75 Å². The molecular weight excluding hydrogens is 336 g/mol. The normalized spacial score (nSPS) is 16.4. The molecule has 0 fully saturated rings. The number of hydrogen-bond acceptors (Lipinski definition) is 3. The van der Waals surface area contributed by atoms with Crippen LogP contribution >= 0.6 is 0 Å². The van der Waals surface area contributed by atoms with Gasteiger partial charge in [-0.2, -0.15) is 0 Å². The first-order valence-electron chi connectivity index (χ1n) is 9.78. The van der Waals surface area contributed by atoms with E-state index in [1.165, 1.54) is 11.1 Å². The van der Waals surface area contributed by atoms with Crippen LogP contribution in [0.2, 0.25) is 0 Å². The van der Waals surface area contributed by atoms with Crippen LogP contribution < -0.4 is 15.0 Å². The summed E-state index contributed by atoms with van der Waals surface area (Å²) in [5.74, 6) is 0.816. The van der Waals surface area contributed by atoms with Crippen molar-refractivity contribution in [1.29, 1.82) is 0 Å². The average Bonchev–Trinajstić information content (AvgIpc) is 2.81. The van der Waals surface area contributed by atoms with E-state index in [1.807, 2.05) is 11.0 Å². The molecule has 0 spiro atoms. The highest BCUT2D eigenvalue weighted by Gasteiger charge is 2.32. The Morgan fingerprint density at radius 1 is 1.07 bits per heavy atom. The van der Waals surface area contributed by atoms with Crippen LogP contribution in [0, 0.1) is 0 Å². The fourth-order valence-electron chi connectivity index (χ4n) is 3.98. The number of benzene rings is 2. The molecule has 4 nitrogen and oxygen atoms in total.